The van der Waals surface area contributed by atoms with Gasteiger partial charge in [0.2, 0.25) is 0 Å². The summed E-state index contributed by atoms with van der Waals surface area (Å²) in [5.74, 6) is 1.63. The molecule has 1 saturated carbocycles. The molecule has 3 rings (SSSR count). The minimum Gasteiger partial charge on any atom is -0.324 e. The first-order chi connectivity index (χ1) is 8.51. The second-order valence-corrected chi connectivity index (χ2v) is 5.94. The molecule has 1 aromatic heterocycles. The molecule has 2 N–H and O–H groups in total. The van der Waals surface area contributed by atoms with Crippen molar-refractivity contribution in [1.29, 1.82) is 0 Å². The van der Waals surface area contributed by atoms with Gasteiger partial charge in [-0.2, -0.15) is 0 Å². The second kappa shape index (κ2) is 3.82. The summed E-state index contributed by atoms with van der Waals surface area (Å²) in [5, 5.41) is 0. The van der Waals surface area contributed by atoms with Crippen LogP contribution in [0.4, 0.5) is 0 Å². The fourth-order valence-electron chi connectivity index (χ4n) is 2.81. The summed E-state index contributed by atoms with van der Waals surface area (Å²) < 4.78 is 2.30. The van der Waals surface area contributed by atoms with E-state index in [1.54, 1.807) is 0 Å². The number of nitrogens with two attached hydrogens (primary N) is 1. The van der Waals surface area contributed by atoms with E-state index in [2.05, 4.69) is 43.5 Å². The maximum absolute atomic E-state index is 6.56. The van der Waals surface area contributed by atoms with Crippen molar-refractivity contribution in [2.75, 3.05) is 0 Å². The molecule has 0 saturated heterocycles. The van der Waals surface area contributed by atoms with Gasteiger partial charge in [-0.1, -0.05) is 12.1 Å². The Kier molecular flexibility index (Phi) is 2.49. The smallest absolute Gasteiger partial charge is 0.130 e. The average molecular weight is 243 g/mol. The van der Waals surface area contributed by atoms with Gasteiger partial charge in [0.05, 0.1) is 16.6 Å². The summed E-state index contributed by atoms with van der Waals surface area (Å²) in [6, 6.07) is 8.69. The standard InChI is InChI=1S/C15H21N3/c1-10(2)18-13-7-5-4-6-12(13)17-14(18)15(3,16)11-8-9-11/h4-7,10-11H,8-9,16H2,1-3H3. The first-order valence-electron chi connectivity index (χ1n) is 6.78. The van der Waals surface area contributed by atoms with Crippen LogP contribution in [-0.4, -0.2) is 9.55 Å². The maximum atomic E-state index is 6.56. The molecule has 1 atom stereocenters. The molecule has 96 valence electrons. The van der Waals surface area contributed by atoms with Crippen molar-refractivity contribution in [2.24, 2.45) is 11.7 Å². The van der Waals surface area contributed by atoms with Crippen LogP contribution in [0.5, 0.6) is 0 Å². The number of benzene rings is 1. The van der Waals surface area contributed by atoms with Crippen LogP contribution in [-0.2, 0) is 5.54 Å². The van der Waals surface area contributed by atoms with Crippen molar-refractivity contribution in [1.82, 2.24) is 9.55 Å². The lowest BCUT2D eigenvalue weighted by atomic mass is 9.96. The van der Waals surface area contributed by atoms with Gasteiger partial charge in [-0.05, 0) is 51.7 Å². The number of para-hydroxylation sites is 2. The van der Waals surface area contributed by atoms with E-state index in [4.69, 9.17) is 10.7 Å². The highest BCUT2D eigenvalue weighted by molar-refractivity contribution is 5.76. The van der Waals surface area contributed by atoms with Crippen molar-refractivity contribution in [3.8, 4) is 0 Å². The Hall–Kier alpha value is -1.35. The quantitative estimate of drug-likeness (QED) is 0.899. The van der Waals surface area contributed by atoms with Crippen LogP contribution in [0, 0.1) is 5.92 Å². The van der Waals surface area contributed by atoms with E-state index in [0.717, 1.165) is 11.3 Å². The molecule has 1 fully saturated rings. The Morgan fingerprint density at radius 1 is 1.33 bits per heavy atom. The van der Waals surface area contributed by atoms with E-state index in [0.29, 0.717) is 12.0 Å². The van der Waals surface area contributed by atoms with Crippen LogP contribution >= 0.6 is 0 Å². The summed E-state index contributed by atoms with van der Waals surface area (Å²) in [7, 11) is 0. The van der Waals surface area contributed by atoms with Crippen molar-refractivity contribution in [2.45, 2.75) is 45.2 Å². The van der Waals surface area contributed by atoms with E-state index in [-0.39, 0.29) is 5.54 Å². The highest BCUT2D eigenvalue weighted by Gasteiger charge is 2.43. The number of imidazole rings is 1. The van der Waals surface area contributed by atoms with Gasteiger partial charge in [-0.3, -0.25) is 0 Å². The molecule has 0 radical (unpaired) electrons. The Morgan fingerprint density at radius 3 is 2.61 bits per heavy atom. The van der Waals surface area contributed by atoms with Crippen molar-refractivity contribution >= 4 is 11.0 Å². The predicted octanol–water partition coefficient (Wildman–Crippen LogP) is 3.20. The highest BCUT2D eigenvalue weighted by atomic mass is 15.1. The van der Waals surface area contributed by atoms with Crippen molar-refractivity contribution in [3.05, 3.63) is 30.1 Å². The number of rotatable bonds is 3. The van der Waals surface area contributed by atoms with Crippen LogP contribution in [0.3, 0.4) is 0 Å². The number of hydrogen-bond donors (Lipinski definition) is 1. The zero-order chi connectivity index (χ0) is 12.9. The summed E-state index contributed by atoms with van der Waals surface area (Å²) in [6.07, 6.45) is 2.46. The van der Waals surface area contributed by atoms with Crippen LogP contribution < -0.4 is 5.73 Å². The minimum atomic E-state index is -0.302. The Balaban J connectivity index is 2.24. The monoisotopic (exact) mass is 243 g/mol. The van der Waals surface area contributed by atoms with Crippen LogP contribution in [0.2, 0.25) is 0 Å². The molecule has 1 aliphatic rings. The number of hydrogen-bond acceptors (Lipinski definition) is 2. The van der Waals surface area contributed by atoms with E-state index in [1.165, 1.54) is 18.4 Å². The molecule has 3 heteroatoms. The van der Waals surface area contributed by atoms with Gasteiger partial charge in [0, 0.05) is 6.04 Å². The van der Waals surface area contributed by atoms with Gasteiger partial charge < -0.3 is 10.3 Å². The fourth-order valence-corrected chi connectivity index (χ4v) is 2.81. The zero-order valence-electron chi connectivity index (χ0n) is 11.4. The van der Waals surface area contributed by atoms with Gasteiger partial charge in [0.1, 0.15) is 5.82 Å². The molecule has 1 unspecified atom stereocenters. The molecular formula is C15H21N3. The lowest BCUT2D eigenvalue weighted by molar-refractivity contribution is 0.373. The molecule has 2 aromatic rings. The average Bonchev–Trinajstić information content (AvgIpc) is 3.09. The predicted molar refractivity (Wildman–Crippen MR) is 74.4 cm³/mol. The Morgan fingerprint density at radius 2 is 2.00 bits per heavy atom. The lowest BCUT2D eigenvalue weighted by Gasteiger charge is -2.26. The summed E-state index contributed by atoms with van der Waals surface area (Å²) in [5.41, 5.74) is 8.51. The summed E-state index contributed by atoms with van der Waals surface area (Å²) in [6.45, 7) is 6.52. The highest BCUT2D eigenvalue weighted by Crippen LogP contribution is 2.44. The van der Waals surface area contributed by atoms with Crippen LogP contribution in [0.15, 0.2) is 24.3 Å². The third-order valence-corrected chi connectivity index (χ3v) is 4.02. The second-order valence-electron chi connectivity index (χ2n) is 5.94. The third kappa shape index (κ3) is 1.65. The normalized spacial score (nSPS) is 19.4. The van der Waals surface area contributed by atoms with E-state index >= 15 is 0 Å². The molecule has 18 heavy (non-hydrogen) atoms. The van der Waals surface area contributed by atoms with Crippen LogP contribution in [0.25, 0.3) is 11.0 Å². The third-order valence-electron chi connectivity index (χ3n) is 4.02. The number of fused-ring (bicyclic) bond motifs is 1. The molecule has 0 bridgehead atoms. The summed E-state index contributed by atoms with van der Waals surface area (Å²) in [4.78, 5) is 4.80. The van der Waals surface area contributed by atoms with Gasteiger partial charge in [0.25, 0.3) is 0 Å². The zero-order valence-corrected chi connectivity index (χ0v) is 11.4. The summed E-state index contributed by atoms with van der Waals surface area (Å²) >= 11 is 0. The largest absolute Gasteiger partial charge is 0.324 e. The lowest BCUT2D eigenvalue weighted by Crippen LogP contribution is -2.38. The van der Waals surface area contributed by atoms with Gasteiger partial charge in [0.15, 0.2) is 0 Å². The molecule has 0 aliphatic heterocycles. The van der Waals surface area contributed by atoms with Gasteiger partial charge >= 0.3 is 0 Å². The molecule has 3 nitrogen and oxygen atoms in total. The molecule has 0 amide bonds. The first-order valence-corrected chi connectivity index (χ1v) is 6.78. The molecular weight excluding hydrogens is 222 g/mol. The SMILES string of the molecule is CC(C)n1c(C(C)(N)C2CC2)nc2ccccc21. The molecule has 1 aromatic carbocycles. The molecule has 1 aliphatic carbocycles. The first kappa shape index (κ1) is 11.7. The number of nitrogens with zero attached hydrogens (tertiary/aromatic N) is 2. The van der Waals surface area contributed by atoms with E-state index in [1.807, 2.05) is 6.07 Å². The molecule has 1 heterocycles. The van der Waals surface area contributed by atoms with Crippen molar-refractivity contribution in [3.63, 3.8) is 0 Å². The van der Waals surface area contributed by atoms with Gasteiger partial charge in [-0.15, -0.1) is 0 Å². The topological polar surface area (TPSA) is 43.8 Å². The number of aromatic nitrogens is 2. The van der Waals surface area contributed by atoms with Gasteiger partial charge in [-0.25, -0.2) is 4.98 Å². The minimum absolute atomic E-state index is 0.302. The fraction of sp³-hybridized carbons (Fsp3) is 0.533. The Bertz CT molecular complexity index is 576. The van der Waals surface area contributed by atoms with E-state index < -0.39 is 0 Å². The van der Waals surface area contributed by atoms with Crippen LogP contribution in [0.1, 0.15) is 45.5 Å². The van der Waals surface area contributed by atoms with E-state index in [9.17, 15) is 0 Å². The maximum Gasteiger partial charge on any atom is 0.130 e. The molecule has 0 spiro atoms. The Labute approximate surface area is 108 Å². The van der Waals surface area contributed by atoms with Crippen molar-refractivity contribution < 1.29 is 0 Å².